The van der Waals surface area contributed by atoms with Gasteiger partial charge in [0.25, 0.3) is 0 Å². The third-order valence-electron chi connectivity index (χ3n) is 11.1. The van der Waals surface area contributed by atoms with E-state index in [9.17, 15) is 10.5 Å². The molecule has 0 bridgehead atoms. The van der Waals surface area contributed by atoms with Crippen LogP contribution in [0.2, 0.25) is 0 Å². The lowest BCUT2D eigenvalue weighted by Crippen LogP contribution is -2.21. The highest BCUT2D eigenvalue weighted by atomic mass is 16.3. The van der Waals surface area contributed by atoms with E-state index in [2.05, 4.69) is 103 Å². The molecule has 0 aliphatic heterocycles. The molecular formula is C48H30N4O2. The minimum Gasteiger partial charge on any atom is -0.455 e. The van der Waals surface area contributed by atoms with E-state index in [4.69, 9.17) is 8.83 Å². The maximum atomic E-state index is 11.0. The third-order valence-corrected chi connectivity index (χ3v) is 11.1. The topological polar surface area (TPSA) is 83.7 Å². The Labute approximate surface area is 308 Å². The molecule has 0 atom stereocenters. The van der Waals surface area contributed by atoms with Crippen molar-refractivity contribution in [3.8, 4) is 23.5 Å². The minimum atomic E-state index is -0.536. The maximum Gasteiger partial charge on any atom is 0.145 e. The van der Waals surface area contributed by atoms with Gasteiger partial charge in [-0.1, -0.05) is 93.6 Å². The zero-order chi connectivity index (χ0) is 36.5. The fourth-order valence-electron chi connectivity index (χ4n) is 8.96. The Morgan fingerprint density at radius 1 is 0.463 bits per heavy atom. The van der Waals surface area contributed by atoms with Gasteiger partial charge in [0, 0.05) is 37.9 Å². The first-order valence-electron chi connectivity index (χ1n) is 18.1. The van der Waals surface area contributed by atoms with Crippen LogP contribution < -0.4 is 0 Å². The first-order chi connectivity index (χ1) is 26.4. The van der Waals surface area contributed by atoms with Gasteiger partial charge in [-0.15, -0.1) is 0 Å². The summed E-state index contributed by atoms with van der Waals surface area (Å²) in [5.41, 5.74) is 9.71. The van der Waals surface area contributed by atoms with Crippen molar-refractivity contribution < 1.29 is 8.83 Å². The lowest BCUT2D eigenvalue weighted by atomic mass is 9.81. The summed E-state index contributed by atoms with van der Waals surface area (Å²) in [6.07, 6.45) is 0. The molecular weight excluding hydrogens is 665 g/mol. The molecule has 0 aliphatic rings. The van der Waals surface area contributed by atoms with Gasteiger partial charge in [-0.05, 0) is 60.0 Å². The van der Waals surface area contributed by atoms with Gasteiger partial charge in [-0.25, -0.2) is 0 Å². The van der Waals surface area contributed by atoms with Crippen LogP contribution in [0.1, 0.15) is 37.5 Å². The summed E-state index contributed by atoms with van der Waals surface area (Å²) in [5.74, 6) is 0. The molecule has 11 aromatic rings. The number of furan rings is 2. The summed E-state index contributed by atoms with van der Waals surface area (Å²) < 4.78 is 17.7. The average Bonchev–Trinajstić information content (AvgIpc) is 3.94. The molecule has 4 heterocycles. The van der Waals surface area contributed by atoms with Gasteiger partial charge in [0.2, 0.25) is 0 Å². The smallest absolute Gasteiger partial charge is 0.145 e. The monoisotopic (exact) mass is 694 g/mol. The van der Waals surface area contributed by atoms with E-state index in [1.807, 2.05) is 60.7 Å². The summed E-state index contributed by atoms with van der Waals surface area (Å²) >= 11 is 0. The first-order valence-corrected chi connectivity index (χ1v) is 18.1. The van der Waals surface area contributed by atoms with E-state index in [0.29, 0.717) is 11.1 Å². The zero-order valence-corrected chi connectivity index (χ0v) is 29.7. The minimum absolute atomic E-state index is 0.424. The standard InChI is InChI=1S/C48H30N4O2/c1-48(2,3)43-44(51-35-16-8-4-14-33(35)41-37(51)22-20-31-29-12-6-10-18-39(29)53-46(31)41)27(25-49)24-28(26-50)45(43)52-36-17-9-5-15-34(36)42-38(52)23-21-32-30-13-7-11-19-40(30)54-47(32)42/h4-24H,1-3H3. The number of rotatable bonds is 2. The van der Waals surface area contributed by atoms with Crippen LogP contribution in [-0.2, 0) is 5.41 Å². The number of nitriles is 2. The van der Waals surface area contributed by atoms with Crippen molar-refractivity contribution in [2.24, 2.45) is 0 Å². The van der Waals surface area contributed by atoms with E-state index in [1.54, 1.807) is 6.07 Å². The van der Waals surface area contributed by atoms with E-state index < -0.39 is 5.41 Å². The molecule has 11 rings (SSSR count). The fourth-order valence-corrected chi connectivity index (χ4v) is 8.96. The van der Waals surface area contributed by atoms with Gasteiger partial charge >= 0.3 is 0 Å². The van der Waals surface area contributed by atoms with Crippen molar-refractivity contribution in [2.45, 2.75) is 26.2 Å². The van der Waals surface area contributed by atoms with Gasteiger partial charge < -0.3 is 18.0 Å². The van der Waals surface area contributed by atoms with Crippen LogP contribution in [-0.4, -0.2) is 9.13 Å². The number of fused-ring (bicyclic) bond motifs is 14. The second-order valence-electron chi connectivity index (χ2n) is 15.1. The maximum absolute atomic E-state index is 11.0. The van der Waals surface area contributed by atoms with Gasteiger partial charge in [0.05, 0.1) is 55.3 Å². The summed E-state index contributed by atoms with van der Waals surface area (Å²) in [6, 6.07) is 48.2. The molecule has 0 radical (unpaired) electrons. The second kappa shape index (κ2) is 10.6. The molecule has 6 nitrogen and oxygen atoms in total. The Hall–Kier alpha value is -7.28. The Morgan fingerprint density at radius 3 is 1.30 bits per heavy atom. The molecule has 0 amide bonds. The molecule has 6 heteroatoms. The molecule has 0 aliphatic carbocycles. The highest BCUT2D eigenvalue weighted by Gasteiger charge is 2.33. The average molecular weight is 695 g/mol. The van der Waals surface area contributed by atoms with Crippen LogP contribution in [0.15, 0.2) is 136 Å². The number of benzene rings is 7. The molecule has 0 saturated heterocycles. The fraction of sp³-hybridized carbons (Fsp3) is 0.0833. The zero-order valence-electron chi connectivity index (χ0n) is 29.7. The van der Waals surface area contributed by atoms with Gasteiger partial charge in [-0.2, -0.15) is 10.5 Å². The van der Waals surface area contributed by atoms with Crippen molar-refractivity contribution in [3.05, 3.63) is 144 Å². The van der Waals surface area contributed by atoms with E-state index in [0.717, 1.165) is 104 Å². The van der Waals surface area contributed by atoms with E-state index in [-0.39, 0.29) is 0 Å². The van der Waals surface area contributed by atoms with Gasteiger partial charge in [-0.3, -0.25) is 0 Å². The van der Waals surface area contributed by atoms with Crippen LogP contribution >= 0.6 is 0 Å². The van der Waals surface area contributed by atoms with Crippen molar-refractivity contribution in [1.82, 2.24) is 9.13 Å². The summed E-state index contributed by atoms with van der Waals surface area (Å²) in [5, 5.41) is 30.2. The van der Waals surface area contributed by atoms with Crippen LogP contribution in [0.4, 0.5) is 0 Å². The molecule has 0 N–H and O–H groups in total. The normalized spacial score (nSPS) is 12.3. The summed E-state index contributed by atoms with van der Waals surface area (Å²) in [7, 11) is 0. The second-order valence-corrected chi connectivity index (χ2v) is 15.1. The first kappa shape index (κ1) is 30.4. The number of hydrogen-bond acceptors (Lipinski definition) is 4. The SMILES string of the molecule is CC(C)(C)c1c(-n2c3ccccc3c3c4oc5ccccc5c4ccc32)c(C#N)cc(C#N)c1-n1c2ccccc2c2c3oc4ccccc4c3ccc21. The molecule has 7 aromatic carbocycles. The van der Waals surface area contributed by atoms with Crippen molar-refractivity contribution in [3.63, 3.8) is 0 Å². The largest absolute Gasteiger partial charge is 0.455 e. The third kappa shape index (κ3) is 3.86. The van der Waals surface area contributed by atoms with Crippen LogP contribution in [0.3, 0.4) is 0 Å². The molecule has 0 spiro atoms. The molecule has 4 aromatic heterocycles. The summed E-state index contributed by atoms with van der Waals surface area (Å²) in [6.45, 7) is 6.48. The van der Waals surface area contributed by atoms with Crippen LogP contribution in [0, 0.1) is 22.7 Å². The van der Waals surface area contributed by atoms with Crippen molar-refractivity contribution in [1.29, 1.82) is 10.5 Å². The van der Waals surface area contributed by atoms with Crippen molar-refractivity contribution >= 4 is 87.5 Å². The predicted molar refractivity (Wildman–Crippen MR) is 218 cm³/mol. The Balaban J connectivity index is 1.34. The Morgan fingerprint density at radius 2 is 0.870 bits per heavy atom. The molecule has 0 unspecified atom stereocenters. The summed E-state index contributed by atoms with van der Waals surface area (Å²) in [4.78, 5) is 0. The van der Waals surface area contributed by atoms with Crippen LogP contribution in [0.5, 0.6) is 0 Å². The predicted octanol–water partition coefficient (Wildman–Crippen LogP) is 12.7. The van der Waals surface area contributed by atoms with Gasteiger partial charge in [0.1, 0.15) is 34.5 Å². The molecule has 0 saturated carbocycles. The lowest BCUT2D eigenvalue weighted by molar-refractivity contribution is 0.584. The molecule has 54 heavy (non-hydrogen) atoms. The quantitative estimate of drug-likeness (QED) is 0.180. The number of aromatic nitrogens is 2. The van der Waals surface area contributed by atoms with Crippen molar-refractivity contribution in [2.75, 3.05) is 0 Å². The number of nitrogens with zero attached hydrogens (tertiary/aromatic N) is 4. The highest BCUT2D eigenvalue weighted by molar-refractivity contribution is 6.25. The van der Waals surface area contributed by atoms with E-state index >= 15 is 0 Å². The Kier molecular flexibility index (Phi) is 5.98. The number of hydrogen-bond donors (Lipinski definition) is 0. The molecule has 254 valence electrons. The Bertz CT molecular complexity index is 3290. The van der Waals surface area contributed by atoms with Gasteiger partial charge in [0.15, 0.2) is 0 Å². The number of para-hydroxylation sites is 4. The lowest BCUT2D eigenvalue weighted by Gasteiger charge is -2.30. The van der Waals surface area contributed by atoms with Crippen LogP contribution in [0.25, 0.3) is 98.9 Å². The highest BCUT2D eigenvalue weighted by Crippen LogP contribution is 2.47. The van der Waals surface area contributed by atoms with E-state index in [1.165, 1.54) is 0 Å². The molecule has 0 fully saturated rings.